The van der Waals surface area contributed by atoms with Crippen molar-refractivity contribution in [2.24, 2.45) is 10.2 Å². The molecule has 3 aromatic rings. The second-order valence-corrected chi connectivity index (χ2v) is 8.29. The third-order valence-corrected chi connectivity index (χ3v) is 5.29. The molecule has 0 unspecified atom stereocenters. The van der Waals surface area contributed by atoms with Crippen molar-refractivity contribution in [1.29, 1.82) is 0 Å². The van der Waals surface area contributed by atoms with Gasteiger partial charge in [-0.2, -0.15) is 10.2 Å². The summed E-state index contributed by atoms with van der Waals surface area (Å²) in [6.07, 6.45) is 0. The fourth-order valence-corrected chi connectivity index (χ4v) is 3.00. The minimum absolute atomic E-state index is 0.0360. The van der Waals surface area contributed by atoms with E-state index in [4.69, 9.17) is 4.42 Å². The Hall–Kier alpha value is -3.04. The quantitative estimate of drug-likeness (QED) is 0.332. The lowest BCUT2D eigenvalue weighted by atomic mass is 10.1. The second kappa shape index (κ2) is 10.3. The zero-order chi connectivity index (χ0) is 22.4. The minimum Gasteiger partial charge on any atom is -0.446 e. The highest BCUT2D eigenvalue weighted by atomic mass is 79.9. The van der Waals surface area contributed by atoms with Gasteiger partial charge >= 0.3 is 11.8 Å². The van der Waals surface area contributed by atoms with Crippen LogP contribution in [0.5, 0.6) is 0 Å². The second-order valence-electron chi connectivity index (χ2n) is 6.45. The molecule has 2 N–H and O–H groups in total. The highest BCUT2D eigenvalue weighted by molar-refractivity contribution is 9.10. The van der Waals surface area contributed by atoms with Gasteiger partial charge in [0.15, 0.2) is 11.5 Å². The van der Waals surface area contributed by atoms with Crippen LogP contribution in [-0.2, 0) is 0 Å². The van der Waals surface area contributed by atoms with Crippen LogP contribution in [0.3, 0.4) is 0 Å². The maximum absolute atomic E-state index is 12.3. The van der Waals surface area contributed by atoms with Crippen molar-refractivity contribution in [2.75, 3.05) is 0 Å². The van der Waals surface area contributed by atoms with Crippen molar-refractivity contribution in [1.82, 2.24) is 10.9 Å². The van der Waals surface area contributed by atoms with E-state index in [2.05, 4.69) is 52.9 Å². The molecule has 1 heterocycles. The summed E-state index contributed by atoms with van der Waals surface area (Å²) < 4.78 is 7.24. The number of rotatable bonds is 6. The van der Waals surface area contributed by atoms with Crippen molar-refractivity contribution >= 4 is 55.1 Å². The third kappa shape index (κ3) is 6.22. The number of benzene rings is 2. The molecule has 31 heavy (non-hydrogen) atoms. The standard InChI is InChI=1S/C22H18Br2N4O3/c1-13(15-3-7-17(23)8-4-15)25-27-21(29)19-11-12-20(31-19)22(30)28-26-14(2)16-5-9-18(24)10-6-16/h3-12H,1-2H3,(H,27,29)(H,28,30)/b25-13+,26-14+. The molecule has 0 radical (unpaired) electrons. The van der Waals surface area contributed by atoms with E-state index in [0.717, 1.165) is 20.1 Å². The number of amides is 2. The van der Waals surface area contributed by atoms with Gasteiger partial charge in [-0.3, -0.25) is 9.59 Å². The first-order chi connectivity index (χ1) is 14.8. The van der Waals surface area contributed by atoms with E-state index < -0.39 is 11.8 Å². The van der Waals surface area contributed by atoms with E-state index in [9.17, 15) is 9.59 Å². The van der Waals surface area contributed by atoms with Crippen LogP contribution in [-0.4, -0.2) is 23.2 Å². The Morgan fingerprint density at radius 1 is 0.677 bits per heavy atom. The number of carbonyl (C=O) groups excluding carboxylic acids is 2. The van der Waals surface area contributed by atoms with Crippen LogP contribution in [0, 0.1) is 0 Å². The number of halogens is 2. The predicted molar refractivity (Wildman–Crippen MR) is 126 cm³/mol. The number of hydrogen-bond acceptors (Lipinski definition) is 5. The Bertz CT molecular complexity index is 1060. The molecule has 0 aliphatic carbocycles. The predicted octanol–water partition coefficient (Wildman–Crippen LogP) is 5.11. The van der Waals surface area contributed by atoms with E-state index in [1.807, 2.05) is 48.5 Å². The highest BCUT2D eigenvalue weighted by Crippen LogP contribution is 2.13. The summed E-state index contributed by atoms with van der Waals surface area (Å²) in [5.41, 5.74) is 7.82. The molecule has 0 spiro atoms. The molecular formula is C22H18Br2N4O3. The van der Waals surface area contributed by atoms with Gasteiger partial charge in [0.1, 0.15) is 0 Å². The lowest BCUT2D eigenvalue weighted by molar-refractivity contribution is 0.0902. The average Bonchev–Trinajstić information content (AvgIpc) is 3.27. The fourth-order valence-electron chi connectivity index (χ4n) is 2.47. The van der Waals surface area contributed by atoms with Gasteiger partial charge in [-0.05, 0) is 61.4 Å². The van der Waals surface area contributed by atoms with Crippen LogP contribution >= 0.6 is 31.9 Å². The van der Waals surface area contributed by atoms with E-state index in [1.165, 1.54) is 12.1 Å². The molecule has 158 valence electrons. The summed E-state index contributed by atoms with van der Waals surface area (Å²) in [5, 5.41) is 8.14. The number of furan rings is 1. The van der Waals surface area contributed by atoms with E-state index in [0.29, 0.717) is 11.4 Å². The van der Waals surface area contributed by atoms with Gasteiger partial charge in [0, 0.05) is 8.95 Å². The van der Waals surface area contributed by atoms with Crippen LogP contribution in [0.4, 0.5) is 0 Å². The monoisotopic (exact) mass is 544 g/mol. The van der Waals surface area contributed by atoms with Crippen molar-refractivity contribution in [3.05, 3.63) is 92.3 Å². The average molecular weight is 546 g/mol. The third-order valence-electron chi connectivity index (χ3n) is 4.23. The Morgan fingerprint density at radius 2 is 1.03 bits per heavy atom. The minimum atomic E-state index is -0.565. The van der Waals surface area contributed by atoms with Crippen LogP contribution in [0.15, 0.2) is 84.2 Å². The lowest BCUT2D eigenvalue weighted by Gasteiger charge is -2.02. The van der Waals surface area contributed by atoms with Crippen LogP contribution in [0.2, 0.25) is 0 Å². The first kappa shape index (κ1) is 22.6. The summed E-state index contributed by atoms with van der Waals surface area (Å²) in [4.78, 5) is 24.5. The maximum Gasteiger partial charge on any atom is 0.307 e. The van der Waals surface area contributed by atoms with E-state index >= 15 is 0 Å². The molecule has 1 aromatic heterocycles. The first-order valence-electron chi connectivity index (χ1n) is 9.14. The number of hydrazone groups is 2. The van der Waals surface area contributed by atoms with Crippen LogP contribution < -0.4 is 10.9 Å². The van der Waals surface area contributed by atoms with Gasteiger partial charge in [0.2, 0.25) is 0 Å². The molecule has 3 rings (SSSR count). The molecule has 0 bridgehead atoms. The molecule has 0 fully saturated rings. The van der Waals surface area contributed by atoms with Gasteiger partial charge in [-0.15, -0.1) is 0 Å². The van der Waals surface area contributed by atoms with Crippen molar-refractivity contribution < 1.29 is 14.0 Å². The van der Waals surface area contributed by atoms with Crippen molar-refractivity contribution in [3.8, 4) is 0 Å². The number of nitrogens with zero attached hydrogens (tertiary/aromatic N) is 2. The van der Waals surface area contributed by atoms with E-state index in [1.54, 1.807) is 13.8 Å². The Labute approximate surface area is 195 Å². The summed E-state index contributed by atoms with van der Waals surface area (Å²) >= 11 is 6.74. The fraction of sp³-hybridized carbons (Fsp3) is 0.0909. The van der Waals surface area contributed by atoms with Gasteiger partial charge in [0.05, 0.1) is 11.4 Å². The molecular weight excluding hydrogens is 528 g/mol. The van der Waals surface area contributed by atoms with Crippen molar-refractivity contribution in [3.63, 3.8) is 0 Å². The topological polar surface area (TPSA) is 96.1 Å². The molecule has 7 nitrogen and oxygen atoms in total. The van der Waals surface area contributed by atoms with Gasteiger partial charge < -0.3 is 4.42 Å². The van der Waals surface area contributed by atoms with Crippen molar-refractivity contribution in [2.45, 2.75) is 13.8 Å². The van der Waals surface area contributed by atoms with Crippen LogP contribution in [0.1, 0.15) is 46.1 Å². The largest absolute Gasteiger partial charge is 0.446 e. The molecule has 2 aromatic carbocycles. The van der Waals surface area contributed by atoms with Gasteiger partial charge in [0.25, 0.3) is 0 Å². The summed E-state index contributed by atoms with van der Waals surface area (Å²) in [5.74, 6) is -1.20. The smallest absolute Gasteiger partial charge is 0.307 e. The lowest BCUT2D eigenvalue weighted by Crippen LogP contribution is -2.20. The normalized spacial score (nSPS) is 11.9. The summed E-state index contributed by atoms with van der Waals surface area (Å²) in [6, 6.07) is 17.8. The Morgan fingerprint density at radius 3 is 1.39 bits per heavy atom. The molecule has 0 aliphatic heterocycles. The highest BCUT2D eigenvalue weighted by Gasteiger charge is 2.15. The molecule has 0 saturated carbocycles. The zero-order valence-electron chi connectivity index (χ0n) is 16.6. The molecule has 9 heteroatoms. The number of nitrogens with one attached hydrogen (secondary N) is 2. The molecule has 0 aliphatic rings. The Balaban J connectivity index is 1.60. The SMILES string of the molecule is C/C(=N\NC(=O)c1ccc(C(=O)N/N=C(\C)c2ccc(Br)cc2)o1)c1ccc(Br)cc1. The molecule has 2 amide bonds. The first-order valence-corrected chi connectivity index (χ1v) is 10.7. The number of hydrogen-bond donors (Lipinski definition) is 2. The Kier molecular flexibility index (Phi) is 7.54. The summed E-state index contributed by atoms with van der Waals surface area (Å²) in [6.45, 7) is 3.55. The van der Waals surface area contributed by atoms with E-state index in [-0.39, 0.29) is 11.5 Å². The maximum atomic E-state index is 12.3. The van der Waals surface area contributed by atoms with Crippen LogP contribution in [0.25, 0.3) is 0 Å². The summed E-state index contributed by atoms with van der Waals surface area (Å²) in [7, 11) is 0. The van der Waals surface area contributed by atoms with Gasteiger partial charge in [-0.1, -0.05) is 56.1 Å². The number of carbonyl (C=O) groups is 2. The van der Waals surface area contributed by atoms with Gasteiger partial charge in [-0.25, -0.2) is 10.9 Å². The zero-order valence-corrected chi connectivity index (χ0v) is 19.8. The molecule has 0 atom stereocenters. The molecule has 0 saturated heterocycles.